The molecular weight excluding hydrogens is 284 g/mol. The molecule has 1 aliphatic heterocycles. The number of benzene rings is 1. The largest absolute Gasteiger partial charge is 0.480 e. The maximum absolute atomic E-state index is 12.4. The van der Waals surface area contributed by atoms with Crippen LogP contribution in [-0.2, 0) is 11.3 Å². The number of nitrogens with zero attached hydrogens (tertiary/aromatic N) is 3. The van der Waals surface area contributed by atoms with Gasteiger partial charge in [0, 0.05) is 13.1 Å². The van der Waals surface area contributed by atoms with Crippen molar-refractivity contribution in [2.45, 2.75) is 26.4 Å². The predicted octanol–water partition coefficient (Wildman–Crippen LogP) is 1.68. The molecule has 0 fully saturated rings. The summed E-state index contributed by atoms with van der Waals surface area (Å²) >= 11 is 0. The normalized spacial score (nSPS) is 15.1. The van der Waals surface area contributed by atoms with E-state index in [9.17, 15) is 14.7 Å². The summed E-state index contributed by atoms with van der Waals surface area (Å²) < 4.78 is 1.97. The van der Waals surface area contributed by atoms with E-state index in [1.165, 1.54) is 4.90 Å². The Bertz CT molecular complexity index is 737. The van der Waals surface area contributed by atoms with E-state index in [-0.39, 0.29) is 5.92 Å². The monoisotopic (exact) mass is 302 g/mol. The van der Waals surface area contributed by atoms with Crippen LogP contribution in [0, 0.1) is 5.92 Å². The van der Waals surface area contributed by atoms with Gasteiger partial charge in [0.15, 0.2) is 0 Å². The summed E-state index contributed by atoms with van der Waals surface area (Å²) in [4.78, 5) is 29.6. The fourth-order valence-corrected chi connectivity index (χ4v) is 2.71. The third-order valence-corrected chi connectivity index (χ3v) is 3.88. The SMILES string of the molecule is CC(C)[C@@H](NC(=O)N1CCn2c1nc1ccccc12)C(=O)O. The molecule has 0 radical (unpaired) electrons. The first-order valence-electron chi connectivity index (χ1n) is 7.25. The molecular formula is C15H18N4O3. The molecule has 0 unspecified atom stereocenters. The molecule has 0 saturated heterocycles. The molecule has 1 atom stereocenters. The molecule has 1 aliphatic rings. The number of carbonyl (C=O) groups is 2. The molecule has 22 heavy (non-hydrogen) atoms. The first kappa shape index (κ1) is 14.4. The number of aromatic nitrogens is 2. The van der Waals surface area contributed by atoms with Crippen LogP contribution >= 0.6 is 0 Å². The van der Waals surface area contributed by atoms with Crippen molar-refractivity contribution in [3.63, 3.8) is 0 Å². The van der Waals surface area contributed by atoms with Crippen molar-refractivity contribution in [3.05, 3.63) is 24.3 Å². The zero-order valence-electron chi connectivity index (χ0n) is 12.5. The van der Waals surface area contributed by atoms with Gasteiger partial charge in [0.1, 0.15) is 6.04 Å². The van der Waals surface area contributed by atoms with Crippen molar-refractivity contribution in [3.8, 4) is 0 Å². The highest BCUT2D eigenvalue weighted by molar-refractivity contribution is 5.95. The Morgan fingerprint density at radius 2 is 2.00 bits per heavy atom. The van der Waals surface area contributed by atoms with Crippen molar-refractivity contribution >= 4 is 29.0 Å². The van der Waals surface area contributed by atoms with Gasteiger partial charge in [-0.1, -0.05) is 26.0 Å². The number of imidazole rings is 1. The average Bonchev–Trinajstić information content (AvgIpc) is 3.02. The standard InChI is InChI=1S/C15H18N4O3/c1-9(2)12(13(20)21)17-15(22)19-8-7-18-11-6-4-3-5-10(11)16-14(18)19/h3-6,9,12H,7-8H2,1-2H3,(H,17,22)(H,20,21)/t12-/m1/s1. The van der Waals surface area contributed by atoms with Crippen LogP contribution in [0.5, 0.6) is 0 Å². The van der Waals surface area contributed by atoms with Crippen molar-refractivity contribution in [1.82, 2.24) is 14.9 Å². The van der Waals surface area contributed by atoms with Gasteiger partial charge in [-0.05, 0) is 18.1 Å². The van der Waals surface area contributed by atoms with Crippen LogP contribution in [0.4, 0.5) is 10.7 Å². The average molecular weight is 302 g/mol. The molecule has 1 aromatic heterocycles. The predicted molar refractivity (Wildman–Crippen MR) is 81.9 cm³/mol. The quantitative estimate of drug-likeness (QED) is 0.903. The lowest BCUT2D eigenvalue weighted by Gasteiger charge is -2.21. The zero-order valence-corrected chi connectivity index (χ0v) is 12.5. The lowest BCUT2D eigenvalue weighted by Crippen LogP contribution is -2.50. The number of fused-ring (bicyclic) bond motifs is 3. The first-order chi connectivity index (χ1) is 10.5. The van der Waals surface area contributed by atoms with E-state index >= 15 is 0 Å². The molecule has 116 valence electrons. The number of nitrogens with one attached hydrogen (secondary N) is 1. The molecule has 2 N–H and O–H groups in total. The smallest absolute Gasteiger partial charge is 0.326 e. The van der Waals surface area contributed by atoms with E-state index in [4.69, 9.17) is 0 Å². The van der Waals surface area contributed by atoms with Crippen LogP contribution in [0.2, 0.25) is 0 Å². The summed E-state index contributed by atoms with van der Waals surface area (Å²) in [6.45, 7) is 4.67. The third kappa shape index (κ3) is 2.28. The highest BCUT2D eigenvalue weighted by atomic mass is 16.4. The first-order valence-corrected chi connectivity index (χ1v) is 7.25. The lowest BCUT2D eigenvalue weighted by atomic mass is 10.1. The van der Waals surface area contributed by atoms with Crippen molar-refractivity contribution in [1.29, 1.82) is 0 Å². The highest BCUT2D eigenvalue weighted by Gasteiger charge is 2.31. The van der Waals surface area contributed by atoms with Crippen molar-refractivity contribution in [2.24, 2.45) is 5.92 Å². The Kier molecular flexibility index (Phi) is 3.48. The number of rotatable bonds is 3. The minimum absolute atomic E-state index is 0.192. The molecule has 3 rings (SSSR count). The minimum Gasteiger partial charge on any atom is -0.480 e. The molecule has 1 aromatic carbocycles. The van der Waals surface area contributed by atoms with Gasteiger partial charge in [-0.3, -0.25) is 4.90 Å². The van der Waals surface area contributed by atoms with Gasteiger partial charge in [-0.15, -0.1) is 0 Å². The summed E-state index contributed by atoms with van der Waals surface area (Å²) in [5, 5.41) is 11.8. The summed E-state index contributed by atoms with van der Waals surface area (Å²) in [7, 11) is 0. The second-order valence-electron chi connectivity index (χ2n) is 5.71. The van der Waals surface area contributed by atoms with Crippen LogP contribution in [-0.4, -0.2) is 39.2 Å². The highest BCUT2D eigenvalue weighted by Crippen LogP contribution is 2.27. The molecule has 2 amide bonds. The van der Waals surface area contributed by atoms with Crippen LogP contribution in [0.1, 0.15) is 13.8 Å². The van der Waals surface area contributed by atoms with Crippen LogP contribution in [0.25, 0.3) is 11.0 Å². The molecule has 7 nitrogen and oxygen atoms in total. The number of carboxylic acids is 1. The Balaban J connectivity index is 1.86. The Morgan fingerprint density at radius 1 is 1.27 bits per heavy atom. The second-order valence-corrected chi connectivity index (χ2v) is 5.71. The van der Waals surface area contributed by atoms with E-state index in [1.54, 1.807) is 13.8 Å². The Morgan fingerprint density at radius 3 is 2.68 bits per heavy atom. The number of carbonyl (C=O) groups excluding carboxylic acids is 1. The molecule has 0 saturated carbocycles. The Hall–Kier alpha value is -2.57. The second kappa shape index (κ2) is 5.32. The van der Waals surface area contributed by atoms with Crippen molar-refractivity contribution < 1.29 is 14.7 Å². The molecule has 0 bridgehead atoms. The number of anilines is 1. The van der Waals surface area contributed by atoms with Crippen molar-refractivity contribution in [2.75, 3.05) is 11.4 Å². The van der Waals surface area contributed by atoms with Gasteiger partial charge in [-0.2, -0.15) is 0 Å². The van der Waals surface area contributed by atoms with E-state index in [2.05, 4.69) is 10.3 Å². The number of hydrogen-bond donors (Lipinski definition) is 2. The minimum atomic E-state index is -1.03. The molecule has 2 heterocycles. The summed E-state index contributed by atoms with van der Waals surface area (Å²) in [5.41, 5.74) is 1.81. The van der Waals surface area contributed by atoms with Gasteiger partial charge >= 0.3 is 12.0 Å². The van der Waals surface area contributed by atoms with E-state index in [1.807, 2.05) is 28.8 Å². The Labute approximate surface area is 127 Å². The maximum atomic E-state index is 12.4. The molecule has 7 heteroatoms. The number of hydrogen-bond acceptors (Lipinski definition) is 3. The van der Waals surface area contributed by atoms with Crippen LogP contribution in [0.15, 0.2) is 24.3 Å². The number of amides is 2. The van der Waals surface area contributed by atoms with Crippen LogP contribution in [0.3, 0.4) is 0 Å². The summed E-state index contributed by atoms with van der Waals surface area (Å²) in [5.74, 6) is -0.662. The molecule has 0 aliphatic carbocycles. The van der Waals surface area contributed by atoms with E-state index in [0.29, 0.717) is 19.0 Å². The fraction of sp³-hybridized carbons (Fsp3) is 0.400. The lowest BCUT2D eigenvalue weighted by molar-refractivity contribution is -0.140. The van der Waals surface area contributed by atoms with Gasteiger partial charge in [-0.25, -0.2) is 14.6 Å². The summed E-state index contributed by atoms with van der Waals surface area (Å²) in [6.07, 6.45) is 0. The number of urea groups is 1. The van der Waals surface area contributed by atoms with E-state index < -0.39 is 18.0 Å². The van der Waals surface area contributed by atoms with Gasteiger partial charge in [0.2, 0.25) is 5.95 Å². The molecule has 2 aromatic rings. The number of aliphatic carboxylic acids is 1. The van der Waals surface area contributed by atoms with Gasteiger partial charge in [0.05, 0.1) is 11.0 Å². The summed E-state index contributed by atoms with van der Waals surface area (Å²) in [6, 6.07) is 6.35. The zero-order chi connectivity index (χ0) is 15.9. The maximum Gasteiger partial charge on any atom is 0.326 e. The third-order valence-electron chi connectivity index (χ3n) is 3.88. The van der Waals surface area contributed by atoms with Gasteiger partial charge in [0.25, 0.3) is 0 Å². The number of carboxylic acid groups (broad SMARTS) is 1. The van der Waals surface area contributed by atoms with Crippen LogP contribution < -0.4 is 10.2 Å². The molecule has 0 spiro atoms. The fourth-order valence-electron chi connectivity index (χ4n) is 2.71. The number of para-hydroxylation sites is 2. The van der Waals surface area contributed by atoms with Gasteiger partial charge < -0.3 is 15.0 Å². The van der Waals surface area contributed by atoms with E-state index in [0.717, 1.165) is 11.0 Å². The topological polar surface area (TPSA) is 87.5 Å².